The van der Waals surface area contributed by atoms with Crippen molar-refractivity contribution >= 4 is 10.9 Å². The van der Waals surface area contributed by atoms with Gasteiger partial charge in [-0.2, -0.15) is 10.2 Å². The zero-order valence-electron chi connectivity index (χ0n) is 15.5. The maximum absolute atomic E-state index is 9.57. The summed E-state index contributed by atoms with van der Waals surface area (Å²) in [5.41, 5.74) is 5.77. The molecule has 28 heavy (non-hydrogen) atoms. The van der Waals surface area contributed by atoms with Gasteiger partial charge in [0.15, 0.2) is 0 Å². The van der Waals surface area contributed by atoms with E-state index in [0.717, 1.165) is 23.9 Å². The van der Waals surface area contributed by atoms with Gasteiger partial charge in [-0.3, -0.25) is 0 Å². The van der Waals surface area contributed by atoms with Crippen molar-refractivity contribution in [1.29, 1.82) is 5.26 Å². The summed E-state index contributed by atoms with van der Waals surface area (Å²) in [7, 11) is 0. The van der Waals surface area contributed by atoms with Crippen LogP contribution in [0.25, 0.3) is 33.7 Å². The van der Waals surface area contributed by atoms with Gasteiger partial charge in [-0.1, -0.05) is 11.2 Å². The topological polar surface area (TPSA) is 87.7 Å². The molecule has 0 fully saturated rings. The van der Waals surface area contributed by atoms with Crippen LogP contribution in [0, 0.1) is 11.3 Å². The second kappa shape index (κ2) is 6.54. The van der Waals surface area contributed by atoms with Crippen LogP contribution in [-0.2, 0) is 12.8 Å². The number of fused-ring (bicyclic) bond motifs is 3. The van der Waals surface area contributed by atoms with E-state index >= 15 is 0 Å². The summed E-state index contributed by atoms with van der Waals surface area (Å²) in [5.74, 6) is 1.34. The van der Waals surface area contributed by atoms with Crippen LogP contribution in [0.1, 0.15) is 30.2 Å². The fourth-order valence-electron chi connectivity index (χ4n) is 3.93. The predicted octanol–water partition coefficient (Wildman–Crippen LogP) is 4.64. The van der Waals surface area contributed by atoms with Gasteiger partial charge in [-0.15, -0.1) is 0 Å². The van der Waals surface area contributed by atoms with Gasteiger partial charge in [0.05, 0.1) is 12.2 Å². The summed E-state index contributed by atoms with van der Waals surface area (Å²) in [6.07, 6.45) is 3.41. The molecule has 0 aliphatic heterocycles. The van der Waals surface area contributed by atoms with Crippen LogP contribution in [0.2, 0.25) is 0 Å². The van der Waals surface area contributed by atoms with Crippen LogP contribution < -0.4 is 4.74 Å². The van der Waals surface area contributed by atoms with E-state index < -0.39 is 0 Å². The van der Waals surface area contributed by atoms with Crippen LogP contribution in [-0.4, -0.2) is 21.7 Å². The van der Waals surface area contributed by atoms with Crippen molar-refractivity contribution in [2.75, 3.05) is 6.61 Å². The van der Waals surface area contributed by atoms with E-state index in [1.54, 1.807) is 12.1 Å². The molecule has 0 saturated heterocycles. The molecule has 6 heteroatoms. The smallest absolute Gasteiger partial charge is 0.259 e. The largest absolute Gasteiger partial charge is 0.492 e. The molecule has 0 radical (unpaired) electrons. The SMILES string of the molecule is CCOc1cccc(-c2nc(-c3ccc4[nH]c5c(c4c3)CCC5)no2)c1C#N. The summed E-state index contributed by atoms with van der Waals surface area (Å²) < 4.78 is 11.0. The van der Waals surface area contributed by atoms with Crippen molar-refractivity contribution in [3.05, 3.63) is 53.2 Å². The molecular weight excluding hydrogens is 352 g/mol. The first kappa shape index (κ1) is 16.6. The molecule has 1 aliphatic carbocycles. The lowest BCUT2D eigenvalue weighted by Crippen LogP contribution is -1.96. The third-order valence-electron chi connectivity index (χ3n) is 5.20. The number of aromatic nitrogens is 3. The maximum Gasteiger partial charge on any atom is 0.259 e. The van der Waals surface area contributed by atoms with Crippen molar-refractivity contribution in [2.45, 2.75) is 26.2 Å². The Balaban J connectivity index is 1.56. The second-order valence-electron chi connectivity index (χ2n) is 6.84. The van der Waals surface area contributed by atoms with E-state index in [-0.39, 0.29) is 0 Å². The molecule has 2 aromatic carbocycles. The number of hydrogen-bond acceptors (Lipinski definition) is 5. The summed E-state index contributed by atoms with van der Waals surface area (Å²) in [6.45, 7) is 2.36. The van der Waals surface area contributed by atoms with Crippen LogP contribution in [0.4, 0.5) is 0 Å². The zero-order valence-corrected chi connectivity index (χ0v) is 15.5. The van der Waals surface area contributed by atoms with Gasteiger partial charge in [0.25, 0.3) is 5.89 Å². The monoisotopic (exact) mass is 370 g/mol. The molecule has 0 atom stereocenters. The Morgan fingerprint density at radius 1 is 1.25 bits per heavy atom. The van der Waals surface area contributed by atoms with Gasteiger partial charge in [0.1, 0.15) is 17.4 Å². The minimum atomic E-state index is 0.312. The molecule has 0 amide bonds. The molecule has 138 valence electrons. The van der Waals surface area contributed by atoms with Crippen molar-refractivity contribution < 1.29 is 9.26 Å². The Labute approximate surface area is 161 Å². The molecule has 0 spiro atoms. The maximum atomic E-state index is 9.57. The number of aromatic amines is 1. The molecule has 1 aliphatic rings. The van der Waals surface area contributed by atoms with E-state index in [9.17, 15) is 5.26 Å². The first-order valence-corrected chi connectivity index (χ1v) is 9.42. The predicted molar refractivity (Wildman–Crippen MR) is 105 cm³/mol. The Morgan fingerprint density at radius 2 is 2.18 bits per heavy atom. The highest BCUT2D eigenvalue weighted by atomic mass is 16.5. The quantitative estimate of drug-likeness (QED) is 0.565. The zero-order chi connectivity index (χ0) is 19.1. The van der Waals surface area contributed by atoms with Gasteiger partial charge in [-0.05, 0) is 62.1 Å². The molecular formula is C22H18N4O2. The van der Waals surface area contributed by atoms with Crippen LogP contribution in [0.15, 0.2) is 40.9 Å². The first-order valence-electron chi connectivity index (χ1n) is 9.42. The molecule has 6 nitrogen and oxygen atoms in total. The number of nitrogens with one attached hydrogen (secondary N) is 1. The van der Waals surface area contributed by atoms with E-state index in [4.69, 9.17) is 9.26 Å². The number of nitriles is 1. The molecule has 5 rings (SSSR count). The normalized spacial score (nSPS) is 12.9. The lowest BCUT2D eigenvalue weighted by molar-refractivity contribution is 0.339. The van der Waals surface area contributed by atoms with Crippen molar-refractivity contribution in [2.24, 2.45) is 0 Å². The number of hydrogen-bond donors (Lipinski definition) is 1. The Kier molecular flexibility index (Phi) is 3.87. The average molecular weight is 370 g/mol. The highest BCUT2D eigenvalue weighted by molar-refractivity contribution is 5.89. The molecule has 1 N–H and O–H groups in total. The number of rotatable bonds is 4. The second-order valence-corrected chi connectivity index (χ2v) is 6.84. The number of H-pyrrole nitrogens is 1. The highest BCUT2D eigenvalue weighted by Gasteiger charge is 2.20. The van der Waals surface area contributed by atoms with Crippen molar-refractivity contribution in [3.63, 3.8) is 0 Å². The molecule has 2 aromatic heterocycles. The lowest BCUT2D eigenvalue weighted by Gasteiger charge is -2.06. The molecule has 0 saturated carbocycles. The summed E-state index contributed by atoms with van der Waals surface area (Å²) in [6, 6.07) is 13.7. The van der Waals surface area contributed by atoms with E-state index in [1.165, 1.54) is 23.1 Å². The fraction of sp³-hybridized carbons (Fsp3) is 0.227. The molecule has 0 bridgehead atoms. The standard InChI is InChI=1S/C22H18N4O2/c1-2-27-20-8-4-6-15(17(20)12-23)22-25-21(26-28-22)13-9-10-19-16(11-13)14-5-3-7-18(14)24-19/h4,6,8-11,24H,2-3,5,7H2,1H3. The van der Waals surface area contributed by atoms with Gasteiger partial charge in [-0.25, -0.2) is 0 Å². The fourth-order valence-corrected chi connectivity index (χ4v) is 3.93. The highest BCUT2D eigenvalue weighted by Crippen LogP contribution is 2.34. The van der Waals surface area contributed by atoms with Crippen molar-refractivity contribution in [1.82, 2.24) is 15.1 Å². The third kappa shape index (κ3) is 2.55. The Hall–Kier alpha value is -3.59. The Morgan fingerprint density at radius 3 is 3.04 bits per heavy atom. The molecule has 2 heterocycles. The summed E-state index contributed by atoms with van der Waals surface area (Å²) in [5, 5.41) is 15.0. The van der Waals surface area contributed by atoms with Crippen LogP contribution in [0.5, 0.6) is 5.75 Å². The van der Waals surface area contributed by atoms with E-state index in [0.29, 0.717) is 35.2 Å². The number of benzene rings is 2. The molecule has 4 aromatic rings. The first-order chi connectivity index (χ1) is 13.8. The third-order valence-corrected chi connectivity index (χ3v) is 5.20. The van der Waals surface area contributed by atoms with Crippen LogP contribution >= 0.6 is 0 Å². The lowest BCUT2D eigenvalue weighted by atomic mass is 10.1. The van der Waals surface area contributed by atoms with Gasteiger partial charge >= 0.3 is 0 Å². The number of nitrogens with zero attached hydrogens (tertiary/aromatic N) is 3. The summed E-state index contributed by atoms with van der Waals surface area (Å²) in [4.78, 5) is 8.06. The van der Waals surface area contributed by atoms with Gasteiger partial charge in [0, 0.05) is 22.2 Å². The van der Waals surface area contributed by atoms with Crippen LogP contribution in [0.3, 0.4) is 0 Å². The number of aryl methyl sites for hydroxylation is 2. The van der Waals surface area contributed by atoms with Crippen molar-refractivity contribution in [3.8, 4) is 34.7 Å². The number of ether oxygens (including phenoxy) is 1. The van der Waals surface area contributed by atoms with Gasteiger partial charge < -0.3 is 14.2 Å². The van der Waals surface area contributed by atoms with E-state index in [1.807, 2.05) is 19.1 Å². The average Bonchev–Trinajstić information content (AvgIpc) is 3.43. The van der Waals surface area contributed by atoms with Gasteiger partial charge in [0.2, 0.25) is 5.82 Å². The van der Waals surface area contributed by atoms with E-state index in [2.05, 4.69) is 33.3 Å². The minimum absolute atomic E-state index is 0.312. The molecule has 0 unspecified atom stereocenters. The minimum Gasteiger partial charge on any atom is -0.492 e. The summed E-state index contributed by atoms with van der Waals surface area (Å²) >= 11 is 0. The Bertz CT molecular complexity index is 1230.